The number of halogens is 3. The molecule has 0 spiro atoms. The number of nitrogen functional groups attached to an aromatic ring is 1. The summed E-state index contributed by atoms with van der Waals surface area (Å²) in [5.41, 5.74) is 5.19. The maximum atomic E-state index is 13.5. The molecule has 0 saturated carbocycles. The number of thiazole rings is 1. The first-order chi connectivity index (χ1) is 24.0. The number of thioether (sulfide) groups is 1. The lowest BCUT2D eigenvalue weighted by Gasteiger charge is -2.50. The number of aromatic hydroxyl groups is 2. The van der Waals surface area contributed by atoms with Gasteiger partial charge in [-0.05, 0) is 13.0 Å². The fourth-order valence-electron chi connectivity index (χ4n) is 5.99. The number of carbonyl (C=O) groups excluding carboxylic acids is 3. The van der Waals surface area contributed by atoms with Gasteiger partial charge in [0.05, 0.1) is 41.8 Å². The number of rotatable bonds is 13. The minimum atomic E-state index is -1.44. The number of benzene rings is 1. The Morgan fingerprint density at radius 2 is 1.86 bits per heavy atom. The number of carboxylic acid groups (broad SMARTS) is 2. The Morgan fingerprint density at radius 3 is 2.47 bits per heavy atom. The molecule has 1 aromatic heterocycles. The maximum absolute atomic E-state index is 13.5. The van der Waals surface area contributed by atoms with Crippen LogP contribution in [0.25, 0.3) is 0 Å². The summed E-state index contributed by atoms with van der Waals surface area (Å²) in [6.45, 7) is 3.41. The van der Waals surface area contributed by atoms with Gasteiger partial charge in [0.15, 0.2) is 22.3 Å². The molecule has 4 heterocycles. The fraction of sp³-hybridized carbons (Fsp3) is 0.414. The SMILES string of the molecule is C[C@H](O/N=C(\C(=O)NC1C(=O)N2C(C(=O)O)=C(C[N+]3(CCNC(=O)c4cc(Cl)c(O)c(O)c4Cl)CCCC3)CSC12)c1nc(N)sc1Cl)C(=O)O. The molecule has 3 aliphatic heterocycles. The standard InChI is InChI=1S/C29H30Cl3N7O10S2/c1-11(27(45)46)49-37-17(16-22(32)51-29(33)36-16)24(43)35-18-25(44)38-19(28(47)48)12(10-50-26(18)38)9-39(5-2-3-6-39)7-4-34-23(42)13-8-14(30)20(40)21(41)15(13)31/h8,11,18,26H,2-7,9-10H2,1H3,(H7-,33,34,35,36,37,40,41,42,43,45,46,47,48)/p+1/t11-,18?,26?/m0/s1. The van der Waals surface area contributed by atoms with E-state index in [1.165, 1.54) is 18.7 Å². The zero-order chi connectivity index (χ0) is 37.4. The number of oxime groups is 1. The molecule has 2 saturated heterocycles. The van der Waals surface area contributed by atoms with Crippen LogP contribution in [0.5, 0.6) is 11.5 Å². The number of nitrogens with two attached hydrogens (primary N) is 1. The van der Waals surface area contributed by atoms with Crippen molar-refractivity contribution < 1.29 is 53.7 Å². The van der Waals surface area contributed by atoms with Crippen molar-refractivity contribution in [2.45, 2.75) is 37.3 Å². The van der Waals surface area contributed by atoms with E-state index < -0.39 is 64.4 Å². The number of nitrogens with one attached hydrogen (secondary N) is 2. The number of fused-ring (bicyclic) bond motifs is 1. The van der Waals surface area contributed by atoms with Crippen molar-refractivity contribution in [3.8, 4) is 11.5 Å². The predicted molar refractivity (Wildman–Crippen MR) is 187 cm³/mol. The zero-order valence-corrected chi connectivity index (χ0v) is 30.4. The lowest BCUT2D eigenvalue weighted by Crippen LogP contribution is -2.71. The summed E-state index contributed by atoms with van der Waals surface area (Å²) in [6, 6.07) is -0.0285. The number of quaternary nitrogens is 1. The summed E-state index contributed by atoms with van der Waals surface area (Å²) in [6.07, 6.45) is 0.275. The second kappa shape index (κ2) is 15.3. The molecule has 22 heteroatoms. The van der Waals surface area contributed by atoms with Gasteiger partial charge in [-0.15, -0.1) is 11.8 Å². The average Bonchev–Trinajstić information content (AvgIpc) is 3.68. The average molecular weight is 808 g/mol. The number of phenolic OH excluding ortho intramolecular Hbond substituents is 2. The summed E-state index contributed by atoms with van der Waals surface area (Å²) < 4.78 is 0.398. The number of hydrogen-bond donors (Lipinski definition) is 7. The summed E-state index contributed by atoms with van der Waals surface area (Å²) in [5, 5.41) is 46.7. The lowest BCUT2D eigenvalue weighted by atomic mass is 10.0. The first-order valence-corrected chi connectivity index (χ1v) is 18.2. The van der Waals surface area contributed by atoms with Crippen molar-refractivity contribution >= 4 is 98.4 Å². The Hall–Kier alpha value is -4.01. The van der Waals surface area contributed by atoms with E-state index in [-0.39, 0.29) is 55.3 Å². The third-order valence-corrected chi connectivity index (χ3v) is 11.6. The Kier molecular flexibility index (Phi) is 11.5. The van der Waals surface area contributed by atoms with Crippen LogP contribution >= 0.6 is 57.9 Å². The van der Waals surface area contributed by atoms with Crippen molar-refractivity contribution in [1.82, 2.24) is 20.5 Å². The first-order valence-electron chi connectivity index (χ1n) is 15.2. The van der Waals surface area contributed by atoms with Gasteiger partial charge in [-0.3, -0.25) is 19.3 Å². The third-order valence-electron chi connectivity index (χ3n) is 8.55. The van der Waals surface area contributed by atoms with Gasteiger partial charge in [0.2, 0.25) is 6.10 Å². The zero-order valence-electron chi connectivity index (χ0n) is 26.5. The number of aliphatic carboxylic acids is 2. The molecular weight excluding hydrogens is 777 g/mol. The molecule has 1 aromatic carbocycles. The Bertz CT molecular complexity index is 1870. The molecular formula is C29H31Cl3N7O10S2+. The third kappa shape index (κ3) is 7.77. The smallest absolute Gasteiger partial charge is 0.352 e. The van der Waals surface area contributed by atoms with Crippen molar-refractivity contribution in [2.75, 3.05) is 44.2 Å². The number of phenols is 2. The highest BCUT2D eigenvalue weighted by molar-refractivity contribution is 8.00. The lowest BCUT2D eigenvalue weighted by molar-refractivity contribution is -0.911. The molecule has 0 aliphatic carbocycles. The molecule has 17 nitrogen and oxygen atoms in total. The van der Waals surface area contributed by atoms with Crippen molar-refractivity contribution in [3.05, 3.63) is 43.0 Å². The quantitative estimate of drug-likeness (QED) is 0.0504. The van der Waals surface area contributed by atoms with Crippen LogP contribution in [0.4, 0.5) is 5.13 Å². The molecule has 274 valence electrons. The maximum Gasteiger partial charge on any atom is 0.352 e. The number of amides is 3. The van der Waals surface area contributed by atoms with Crippen LogP contribution in [-0.2, 0) is 24.0 Å². The molecule has 3 aliphatic rings. The number of likely N-dealkylation sites (tertiary alicyclic amines) is 1. The van der Waals surface area contributed by atoms with Gasteiger partial charge in [-0.1, -0.05) is 51.3 Å². The molecule has 2 fully saturated rings. The van der Waals surface area contributed by atoms with Crippen LogP contribution in [0.3, 0.4) is 0 Å². The molecule has 0 bridgehead atoms. The van der Waals surface area contributed by atoms with Gasteiger partial charge in [0.1, 0.15) is 33.7 Å². The van der Waals surface area contributed by atoms with E-state index >= 15 is 0 Å². The summed E-state index contributed by atoms with van der Waals surface area (Å²) in [5.74, 6) is -6.11. The van der Waals surface area contributed by atoms with E-state index in [0.29, 0.717) is 29.7 Å². The van der Waals surface area contributed by atoms with Crippen molar-refractivity contribution in [2.24, 2.45) is 5.16 Å². The second-order valence-corrected chi connectivity index (χ2v) is 15.4. The monoisotopic (exact) mass is 806 g/mol. The highest BCUT2D eigenvalue weighted by atomic mass is 35.5. The summed E-state index contributed by atoms with van der Waals surface area (Å²) in [7, 11) is 0. The summed E-state index contributed by atoms with van der Waals surface area (Å²) in [4.78, 5) is 73.6. The molecule has 5 rings (SSSR count). The van der Waals surface area contributed by atoms with E-state index in [0.717, 1.165) is 35.1 Å². The number of carboxylic acids is 2. The molecule has 51 heavy (non-hydrogen) atoms. The molecule has 3 atom stereocenters. The highest BCUT2D eigenvalue weighted by Crippen LogP contribution is 2.43. The minimum Gasteiger partial charge on any atom is -0.503 e. The largest absolute Gasteiger partial charge is 0.503 e. The highest BCUT2D eigenvalue weighted by Gasteiger charge is 2.55. The van der Waals surface area contributed by atoms with Crippen molar-refractivity contribution in [3.63, 3.8) is 0 Å². The van der Waals surface area contributed by atoms with Gasteiger partial charge >= 0.3 is 11.9 Å². The van der Waals surface area contributed by atoms with Gasteiger partial charge in [0, 0.05) is 24.2 Å². The fourth-order valence-corrected chi connectivity index (χ4v) is 8.68. The number of β-lactam (4-membered cyclic amide) rings is 1. The molecule has 2 unspecified atom stereocenters. The predicted octanol–water partition coefficient (Wildman–Crippen LogP) is 2.07. The minimum absolute atomic E-state index is 0.00737. The number of anilines is 1. The van der Waals surface area contributed by atoms with E-state index in [9.17, 15) is 39.3 Å². The van der Waals surface area contributed by atoms with E-state index in [2.05, 4.69) is 20.8 Å². The van der Waals surface area contributed by atoms with E-state index in [1.54, 1.807) is 0 Å². The van der Waals surface area contributed by atoms with Crippen LogP contribution in [0.2, 0.25) is 14.4 Å². The van der Waals surface area contributed by atoms with E-state index in [1.807, 2.05) is 0 Å². The molecule has 3 amide bonds. The Labute approximate surface area is 312 Å². The number of carbonyl (C=O) groups is 5. The topological polar surface area (TPSA) is 254 Å². The van der Waals surface area contributed by atoms with Crippen LogP contribution in [0.1, 0.15) is 35.8 Å². The van der Waals surface area contributed by atoms with E-state index in [4.69, 9.17) is 50.5 Å². The number of hydrogen-bond acceptors (Lipinski definition) is 13. The Balaban J connectivity index is 1.30. The van der Waals surface area contributed by atoms with Gasteiger partial charge in [0.25, 0.3) is 17.7 Å². The summed E-state index contributed by atoms with van der Waals surface area (Å²) >= 11 is 20.2. The number of aromatic nitrogens is 1. The van der Waals surface area contributed by atoms with Gasteiger partial charge in [-0.25, -0.2) is 14.6 Å². The van der Waals surface area contributed by atoms with Gasteiger partial charge in [-0.2, -0.15) is 0 Å². The second-order valence-electron chi connectivity index (χ2n) is 11.9. The van der Waals surface area contributed by atoms with Crippen LogP contribution in [0, 0.1) is 0 Å². The first kappa shape index (κ1) is 38.2. The van der Waals surface area contributed by atoms with Gasteiger partial charge < -0.3 is 46.1 Å². The number of nitrogens with zero attached hydrogens (tertiary/aromatic N) is 4. The normalized spacial score (nSPS) is 20.4. The Morgan fingerprint density at radius 1 is 1.18 bits per heavy atom. The molecule has 2 aromatic rings. The van der Waals surface area contributed by atoms with Crippen molar-refractivity contribution in [1.29, 1.82) is 0 Å². The van der Waals surface area contributed by atoms with Crippen LogP contribution in [-0.4, -0.2) is 126 Å². The van der Waals surface area contributed by atoms with Crippen LogP contribution in [0.15, 0.2) is 22.5 Å². The molecule has 0 radical (unpaired) electrons. The molecule has 8 N–H and O–H groups in total. The van der Waals surface area contributed by atoms with Crippen LogP contribution < -0.4 is 16.4 Å².